The first-order valence-electron chi connectivity index (χ1n) is 7.93. The molecule has 0 spiro atoms. The van der Waals surface area contributed by atoms with Crippen LogP contribution in [-0.2, 0) is 48.5 Å². The van der Waals surface area contributed by atoms with Crippen LogP contribution in [0, 0.1) is 0 Å². The zero-order valence-electron chi connectivity index (χ0n) is 19.7. The normalized spacial score (nSPS) is 13.0. The van der Waals surface area contributed by atoms with Gasteiger partial charge in [-0.1, -0.05) is 0 Å². The number of aliphatic carboxylic acids is 2. The summed E-state index contributed by atoms with van der Waals surface area (Å²) in [4.78, 5) is 17.8. The van der Waals surface area contributed by atoms with E-state index in [0.29, 0.717) is 0 Å². The van der Waals surface area contributed by atoms with Crippen LogP contribution in [0.25, 0.3) is 0 Å². The van der Waals surface area contributed by atoms with Crippen molar-refractivity contribution in [3.8, 4) is 0 Å². The Bertz CT molecular complexity index is 617. The molecule has 0 bridgehead atoms. The Balaban J connectivity index is -0.0000000584. The van der Waals surface area contributed by atoms with E-state index in [1.807, 2.05) is 0 Å². The second-order valence-electron chi connectivity index (χ2n) is 5.22. The van der Waals surface area contributed by atoms with Gasteiger partial charge in [-0.2, -0.15) is 79.0 Å². The van der Waals surface area contributed by atoms with E-state index in [9.17, 15) is 79.0 Å². The third kappa shape index (κ3) is 53.2. The molecule has 0 aromatic rings. The number of carbonyl (C=O) groups is 2. The monoisotopic (exact) mass is 818 g/mol. The minimum atomic E-state index is -5.08. The molecule has 0 aliphatic heterocycles. The van der Waals surface area contributed by atoms with E-state index < -0.39 is 74.2 Å². The van der Waals surface area contributed by atoms with Gasteiger partial charge in [-0.15, -0.1) is 0 Å². The van der Waals surface area contributed by atoms with Crippen LogP contribution < -0.4 is 10.2 Å². The Kier molecular flexibility index (Phi) is 34.7. The Labute approximate surface area is 253 Å². The van der Waals surface area contributed by atoms with Crippen LogP contribution in [0.5, 0.6) is 0 Å². The number of alkyl halides is 18. The van der Waals surface area contributed by atoms with Gasteiger partial charge in [-0.25, -0.2) is 9.59 Å². The number of aliphatic hydroxyl groups excluding tert-OH is 4. The van der Waals surface area contributed by atoms with E-state index >= 15 is 0 Å². The first kappa shape index (κ1) is 61.6. The number of halogens is 18. The number of carboxylic acid groups (broad SMARTS) is 2. The molecule has 0 saturated heterocycles. The Morgan fingerprint density at radius 2 is 0.477 bits per heavy atom. The standard InChI is InChI=1S/2C2H3F3O2.2C2H2F3O2.2C2HF3O2.2Zn/c6*3-2(4,5)1(6)7;;/h2*1,6-7H;2*1,6H;2*(H,6,7);;/q;;2*-1;;;;. The number of rotatable bonds is 0. The van der Waals surface area contributed by atoms with Crippen molar-refractivity contribution in [2.45, 2.75) is 62.2 Å². The van der Waals surface area contributed by atoms with Gasteiger partial charge in [0.15, 0.2) is 0 Å². The minimum Gasteiger partial charge on any atom is -0.825 e. The summed E-state index contributed by atoms with van der Waals surface area (Å²) in [6.07, 6.45) is -43.2. The van der Waals surface area contributed by atoms with Crippen molar-refractivity contribution in [1.29, 1.82) is 0 Å². The molecule has 2 unspecified atom stereocenters. The van der Waals surface area contributed by atoms with Crippen LogP contribution in [0.15, 0.2) is 0 Å². The molecule has 0 aliphatic carbocycles. The topological polar surface area (TPSA) is 242 Å². The summed E-state index contributed by atoms with van der Waals surface area (Å²) >= 11 is 0. The molecule has 32 heteroatoms. The molecule has 0 amide bonds. The van der Waals surface area contributed by atoms with Crippen molar-refractivity contribution in [2.75, 3.05) is 0 Å². The van der Waals surface area contributed by atoms with Crippen molar-refractivity contribution in [2.24, 2.45) is 0 Å². The Morgan fingerprint density at radius 3 is 0.477 bits per heavy atom. The summed E-state index contributed by atoms with van der Waals surface area (Å²) in [6.45, 7) is 0. The van der Waals surface area contributed by atoms with Gasteiger partial charge in [0, 0.05) is 39.0 Å². The predicted octanol–water partition coefficient (Wildman–Crippen LogP) is -0.565. The van der Waals surface area contributed by atoms with Gasteiger partial charge in [-0.3, -0.25) is 0 Å². The quantitative estimate of drug-likeness (QED) is 0.0872. The zero-order chi connectivity index (χ0) is 36.5. The SMILES string of the molecule is O=C(O)C(F)(F)F.O=C(O)C(F)(F)F.OC(O)C(F)(F)F.OC(O)C(F)(F)F.[O-]C(O)C(F)(F)F.[O-]C(O)C(F)(F)F.[Zn].[Zn]. The fraction of sp³-hybridized carbons (Fsp3) is 0.833. The molecule has 264 valence electrons. The third-order valence-electron chi connectivity index (χ3n) is 1.63. The predicted molar refractivity (Wildman–Crippen MR) is 80.1 cm³/mol. The molecular formula is C12H12F18O12Zn2-2. The van der Waals surface area contributed by atoms with Crippen LogP contribution in [0.3, 0.4) is 0 Å². The van der Waals surface area contributed by atoms with Gasteiger partial charge in [0.2, 0.25) is 0 Å². The average molecular weight is 821 g/mol. The van der Waals surface area contributed by atoms with Crippen molar-refractivity contribution < 1.29 is 179 Å². The molecule has 0 aromatic carbocycles. The van der Waals surface area contributed by atoms with E-state index in [1.165, 1.54) is 0 Å². The number of aliphatic hydroxyl groups is 6. The smallest absolute Gasteiger partial charge is 0.490 e. The molecule has 0 fully saturated rings. The van der Waals surface area contributed by atoms with Crippen LogP contribution in [0.4, 0.5) is 79.0 Å². The summed E-state index contributed by atoms with van der Waals surface area (Å²) in [7, 11) is 0. The van der Waals surface area contributed by atoms with Gasteiger partial charge < -0.3 is 51.1 Å². The second-order valence-corrected chi connectivity index (χ2v) is 5.22. The largest absolute Gasteiger partial charge is 0.825 e. The van der Waals surface area contributed by atoms with Gasteiger partial charge in [0.1, 0.15) is 0 Å². The maximum atomic E-state index is 10.7. The van der Waals surface area contributed by atoms with Crippen molar-refractivity contribution in [3.05, 3.63) is 0 Å². The van der Waals surface area contributed by atoms with Crippen LogP contribution >= 0.6 is 0 Å². The second kappa shape index (κ2) is 24.8. The average Bonchev–Trinajstić information content (AvgIpc) is 2.65. The van der Waals surface area contributed by atoms with E-state index in [2.05, 4.69) is 0 Å². The van der Waals surface area contributed by atoms with Crippen molar-refractivity contribution in [1.82, 2.24) is 0 Å². The molecule has 0 radical (unpaired) electrons. The first-order chi connectivity index (χ1) is 17.7. The Morgan fingerprint density at radius 1 is 0.409 bits per heavy atom. The minimum absolute atomic E-state index is 0. The van der Waals surface area contributed by atoms with Gasteiger partial charge in [-0.05, 0) is 0 Å². The molecule has 0 aliphatic rings. The van der Waals surface area contributed by atoms with E-state index in [1.54, 1.807) is 0 Å². The van der Waals surface area contributed by atoms with E-state index in [4.69, 9.17) is 60.7 Å². The summed E-state index contributed by atoms with van der Waals surface area (Å²) in [5, 5.41) is 75.9. The maximum absolute atomic E-state index is 10.7. The molecule has 0 rings (SSSR count). The number of hydrogen-bond donors (Lipinski definition) is 8. The molecule has 12 nitrogen and oxygen atoms in total. The van der Waals surface area contributed by atoms with Crippen molar-refractivity contribution >= 4 is 11.9 Å². The van der Waals surface area contributed by atoms with Crippen LogP contribution in [-0.4, -0.2) is 115 Å². The van der Waals surface area contributed by atoms with Crippen LogP contribution in [0.2, 0.25) is 0 Å². The third-order valence-corrected chi connectivity index (χ3v) is 1.63. The molecular weight excluding hydrogens is 809 g/mol. The number of carboxylic acids is 2. The summed E-state index contributed by atoms with van der Waals surface area (Å²) in [5.74, 6) is -5.51. The van der Waals surface area contributed by atoms with Gasteiger partial charge >= 0.3 is 49.0 Å². The molecule has 44 heavy (non-hydrogen) atoms. The fourth-order valence-corrected chi connectivity index (χ4v) is 0. The van der Waals surface area contributed by atoms with Crippen LogP contribution in [0.1, 0.15) is 0 Å². The zero-order valence-corrected chi connectivity index (χ0v) is 25.7. The molecule has 8 N–H and O–H groups in total. The molecule has 0 heterocycles. The summed E-state index contributed by atoms with van der Waals surface area (Å²) in [5.41, 5.74) is 0. The fourth-order valence-electron chi connectivity index (χ4n) is 0. The van der Waals surface area contributed by atoms with Gasteiger partial charge in [0.05, 0.1) is 12.6 Å². The molecule has 0 aromatic heterocycles. The Hall–Kier alpha value is -1.39. The number of hydrogen-bond acceptors (Lipinski definition) is 10. The van der Waals surface area contributed by atoms with Gasteiger partial charge in [0.25, 0.3) is 12.6 Å². The van der Waals surface area contributed by atoms with E-state index in [0.717, 1.165) is 0 Å². The first-order valence-corrected chi connectivity index (χ1v) is 7.93. The van der Waals surface area contributed by atoms with Crippen molar-refractivity contribution in [3.63, 3.8) is 0 Å². The molecule has 2 atom stereocenters. The molecule has 0 saturated carbocycles. The maximum Gasteiger partial charge on any atom is 0.490 e. The summed E-state index contributed by atoms with van der Waals surface area (Å²) < 4.78 is 191. The summed E-state index contributed by atoms with van der Waals surface area (Å²) in [6, 6.07) is 0. The van der Waals surface area contributed by atoms with E-state index in [-0.39, 0.29) is 39.0 Å².